The van der Waals surface area contributed by atoms with Crippen LogP contribution in [0.3, 0.4) is 0 Å². The van der Waals surface area contributed by atoms with Crippen LogP contribution >= 0.6 is 0 Å². The van der Waals surface area contributed by atoms with Crippen LogP contribution in [0.25, 0.3) is 0 Å². The summed E-state index contributed by atoms with van der Waals surface area (Å²) >= 11 is 0. The molecule has 0 bridgehead atoms. The number of ether oxygens (including phenoxy) is 4. The Morgan fingerprint density at radius 1 is 0.783 bits per heavy atom. The fourth-order valence-electron chi connectivity index (χ4n) is 0.976. The first-order chi connectivity index (χ1) is 10.9. The molecule has 0 aliphatic heterocycles. The van der Waals surface area contributed by atoms with E-state index >= 15 is 0 Å². The zero-order chi connectivity index (χ0) is 17.7. The molecule has 8 nitrogen and oxygen atoms in total. The van der Waals surface area contributed by atoms with Crippen LogP contribution in [-0.4, -0.2) is 50.3 Å². The predicted molar refractivity (Wildman–Crippen MR) is 78.0 cm³/mol. The third-order valence-corrected chi connectivity index (χ3v) is 2.00. The molecule has 0 fully saturated rings. The molecule has 0 spiro atoms. The molecular weight excluding hydrogens is 308 g/mol. The monoisotopic (exact) mass is 326 g/mol. The molecule has 0 aromatic carbocycles. The molecule has 23 heavy (non-hydrogen) atoms. The standard InChI is InChI=1S/C15H18O8/c1-4-12(16)20-7-8-21-13(17)5-6-14(18)22-9-10-23-15(19)11(2)3/h4-6H,1-2,7-10H2,3H3/b6-5+. The molecule has 126 valence electrons. The molecule has 0 amide bonds. The molecule has 0 radical (unpaired) electrons. The van der Waals surface area contributed by atoms with E-state index in [4.69, 9.17) is 4.74 Å². The van der Waals surface area contributed by atoms with Crippen molar-refractivity contribution in [3.63, 3.8) is 0 Å². The SMILES string of the molecule is C=CC(=O)OCCOC(=O)/C=C/C(=O)OCCOC(=O)C(=C)C. The molecule has 0 saturated heterocycles. The van der Waals surface area contributed by atoms with Crippen LogP contribution in [0.4, 0.5) is 0 Å². The first-order valence-corrected chi connectivity index (χ1v) is 6.50. The van der Waals surface area contributed by atoms with E-state index in [1.807, 2.05) is 0 Å². The Hall–Kier alpha value is -2.90. The number of esters is 4. The van der Waals surface area contributed by atoms with Crippen LogP contribution in [0.2, 0.25) is 0 Å². The summed E-state index contributed by atoms with van der Waals surface area (Å²) < 4.78 is 18.6. The van der Waals surface area contributed by atoms with Crippen LogP contribution < -0.4 is 0 Å². The minimum absolute atomic E-state index is 0.121. The summed E-state index contributed by atoms with van der Waals surface area (Å²) in [5.41, 5.74) is 0.234. The van der Waals surface area contributed by atoms with Gasteiger partial charge in [0, 0.05) is 23.8 Å². The van der Waals surface area contributed by atoms with Gasteiger partial charge in [-0.3, -0.25) is 0 Å². The van der Waals surface area contributed by atoms with Crippen molar-refractivity contribution in [2.45, 2.75) is 6.92 Å². The topological polar surface area (TPSA) is 105 Å². The molecule has 0 aromatic rings. The maximum absolute atomic E-state index is 11.2. The van der Waals surface area contributed by atoms with Gasteiger partial charge in [0.05, 0.1) is 0 Å². The molecule has 8 heteroatoms. The lowest BCUT2D eigenvalue weighted by Gasteiger charge is -2.04. The van der Waals surface area contributed by atoms with Crippen LogP contribution in [0.15, 0.2) is 37.0 Å². The smallest absolute Gasteiger partial charge is 0.333 e. The summed E-state index contributed by atoms with van der Waals surface area (Å²) in [7, 11) is 0. The molecular formula is C15H18O8. The number of hydrogen-bond acceptors (Lipinski definition) is 8. The van der Waals surface area contributed by atoms with Gasteiger partial charge in [-0.25, -0.2) is 19.2 Å². The Morgan fingerprint density at radius 3 is 1.57 bits per heavy atom. The van der Waals surface area contributed by atoms with Gasteiger partial charge >= 0.3 is 23.9 Å². The van der Waals surface area contributed by atoms with E-state index in [2.05, 4.69) is 27.4 Å². The lowest BCUT2D eigenvalue weighted by Crippen LogP contribution is -2.14. The zero-order valence-corrected chi connectivity index (χ0v) is 12.7. The van der Waals surface area contributed by atoms with E-state index in [-0.39, 0.29) is 32.0 Å². The van der Waals surface area contributed by atoms with E-state index in [0.717, 1.165) is 18.2 Å². The molecule has 0 aliphatic carbocycles. The van der Waals surface area contributed by atoms with Gasteiger partial charge in [0.15, 0.2) is 0 Å². The Balaban J connectivity index is 3.79. The summed E-state index contributed by atoms with van der Waals surface area (Å²) in [6, 6.07) is 0. The summed E-state index contributed by atoms with van der Waals surface area (Å²) in [6.07, 6.45) is 2.70. The maximum atomic E-state index is 11.2. The molecule has 0 saturated carbocycles. The van der Waals surface area contributed by atoms with E-state index in [1.165, 1.54) is 6.92 Å². The van der Waals surface area contributed by atoms with Crippen LogP contribution in [0, 0.1) is 0 Å². The third-order valence-electron chi connectivity index (χ3n) is 2.00. The van der Waals surface area contributed by atoms with Crippen molar-refractivity contribution in [2.24, 2.45) is 0 Å². The quantitative estimate of drug-likeness (QED) is 0.247. The average molecular weight is 326 g/mol. The van der Waals surface area contributed by atoms with E-state index in [9.17, 15) is 19.2 Å². The van der Waals surface area contributed by atoms with Gasteiger partial charge in [-0.15, -0.1) is 0 Å². The van der Waals surface area contributed by atoms with Crippen molar-refractivity contribution in [1.29, 1.82) is 0 Å². The summed E-state index contributed by atoms with van der Waals surface area (Å²) in [5, 5.41) is 0. The van der Waals surface area contributed by atoms with E-state index in [0.29, 0.717) is 0 Å². The number of carbonyl (C=O) groups is 4. The van der Waals surface area contributed by atoms with Gasteiger partial charge in [-0.05, 0) is 6.92 Å². The fraction of sp³-hybridized carbons (Fsp3) is 0.333. The number of carbonyl (C=O) groups excluding carboxylic acids is 4. The number of rotatable bonds is 10. The Morgan fingerprint density at radius 2 is 1.17 bits per heavy atom. The van der Waals surface area contributed by atoms with Crippen molar-refractivity contribution < 1.29 is 38.1 Å². The largest absolute Gasteiger partial charge is 0.459 e. The second-order valence-electron chi connectivity index (χ2n) is 3.96. The second-order valence-corrected chi connectivity index (χ2v) is 3.96. The highest BCUT2D eigenvalue weighted by Gasteiger charge is 2.04. The Bertz CT molecular complexity index is 504. The Labute approximate surface area is 133 Å². The normalized spacial score (nSPS) is 9.78. The van der Waals surface area contributed by atoms with E-state index in [1.54, 1.807) is 0 Å². The van der Waals surface area contributed by atoms with Crippen molar-refractivity contribution in [3.05, 3.63) is 37.0 Å². The molecule has 0 atom stereocenters. The molecule has 0 rings (SSSR count). The molecule has 0 unspecified atom stereocenters. The third kappa shape index (κ3) is 11.4. The van der Waals surface area contributed by atoms with Gasteiger partial charge in [-0.2, -0.15) is 0 Å². The highest BCUT2D eigenvalue weighted by atomic mass is 16.6. The summed E-state index contributed by atoms with van der Waals surface area (Å²) in [4.78, 5) is 44.1. The fourth-order valence-corrected chi connectivity index (χ4v) is 0.976. The maximum Gasteiger partial charge on any atom is 0.333 e. The van der Waals surface area contributed by atoms with Crippen LogP contribution in [-0.2, 0) is 38.1 Å². The first kappa shape index (κ1) is 20.1. The minimum Gasteiger partial charge on any atom is -0.459 e. The van der Waals surface area contributed by atoms with Crippen LogP contribution in [0.1, 0.15) is 6.92 Å². The lowest BCUT2D eigenvalue weighted by atomic mass is 10.4. The van der Waals surface area contributed by atoms with E-state index < -0.39 is 23.9 Å². The Kier molecular flexibility index (Phi) is 10.2. The first-order valence-electron chi connectivity index (χ1n) is 6.50. The summed E-state index contributed by atoms with van der Waals surface area (Å²) in [5.74, 6) is -2.82. The zero-order valence-electron chi connectivity index (χ0n) is 12.7. The van der Waals surface area contributed by atoms with Crippen molar-refractivity contribution in [1.82, 2.24) is 0 Å². The average Bonchev–Trinajstić information content (AvgIpc) is 2.52. The molecule has 0 aromatic heterocycles. The summed E-state index contributed by atoms with van der Waals surface area (Å²) in [6.45, 7) is 7.51. The number of hydrogen-bond donors (Lipinski definition) is 0. The highest BCUT2D eigenvalue weighted by molar-refractivity contribution is 5.91. The minimum atomic E-state index is -0.801. The van der Waals surface area contributed by atoms with Gasteiger partial charge in [0.25, 0.3) is 0 Å². The lowest BCUT2D eigenvalue weighted by molar-refractivity contribution is -0.147. The van der Waals surface area contributed by atoms with Gasteiger partial charge in [0.2, 0.25) is 0 Å². The second kappa shape index (κ2) is 11.7. The van der Waals surface area contributed by atoms with Gasteiger partial charge in [0.1, 0.15) is 26.4 Å². The predicted octanol–water partition coefficient (Wildman–Crippen LogP) is 0.477. The van der Waals surface area contributed by atoms with Crippen molar-refractivity contribution in [3.8, 4) is 0 Å². The van der Waals surface area contributed by atoms with Gasteiger partial charge in [-0.1, -0.05) is 13.2 Å². The van der Waals surface area contributed by atoms with Gasteiger partial charge < -0.3 is 18.9 Å². The molecule has 0 N–H and O–H groups in total. The molecule has 0 aliphatic rings. The molecule has 0 heterocycles. The highest BCUT2D eigenvalue weighted by Crippen LogP contribution is 1.92. The van der Waals surface area contributed by atoms with Crippen LogP contribution in [0.5, 0.6) is 0 Å². The van der Waals surface area contributed by atoms with Crippen molar-refractivity contribution >= 4 is 23.9 Å². The van der Waals surface area contributed by atoms with Crippen molar-refractivity contribution in [2.75, 3.05) is 26.4 Å².